The number of carbonyl (C=O) groups is 1. The van der Waals surface area contributed by atoms with E-state index in [4.69, 9.17) is 9.52 Å². The summed E-state index contributed by atoms with van der Waals surface area (Å²) in [6.07, 6.45) is 0.322. The van der Waals surface area contributed by atoms with Crippen LogP contribution < -0.4 is 4.90 Å². The maximum atomic E-state index is 10.7. The normalized spacial score (nSPS) is 10.4. The Morgan fingerprint density at radius 1 is 1.57 bits per heavy atom. The summed E-state index contributed by atoms with van der Waals surface area (Å²) in [5, 5.41) is 8.74. The summed E-state index contributed by atoms with van der Waals surface area (Å²) in [6.45, 7) is 0. The highest BCUT2D eigenvalue weighted by molar-refractivity contribution is 5.88. The van der Waals surface area contributed by atoms with Crippen molar-refractivity contribution in [2.75, 3.05) is 11.9 Å². The quantitative estimate of drug-likeness (QED) is 0.749. The highest BCUT2D eigenvalue weighted by Gasteiger charge is 2.09. The van der Waals surface area contributed by atoms with Crippen LogP contribution in [0.4, 0.5) is 10.5 Å². The first-order valence-corrected chi connectivity index (χ1v) is 3.98. The van der Waals surface area contributed by atoms with Gasteiger partial charge < -0.3 is 9.52 Å². The minimum absolute atomic E-state index is 0.568. The molecule has 0 spiro atoms. The highest BCUT2D eigenvalue weighted by Crippen LogP contribution is 2.20. The van der Waals surface area contributed by atoms with Crippen molar-refractivity contribution < 1.29 is 14.3 Å². The second kappa shape index (κ2) is 3.02. The molecule has 0 aliphatic rings. The Hall–Kier alpha value is -2.04. The van der Waals surface area contributed by atoms with E-state index in [2.05, 4.69) is 4.98 Å². The molecule has 5 heteroatoms. The molecule has 1 N–H and O–H groups in total. The Bertz CT molecular complexity index is 478. The number of nitrogens with zero attached hydrogens (tertiary/aromatic N) is 2. The van der Waals surface area contributed by atoms with E-state index in [1.807, 2.05) is 0 Å². The Balaban J connectivity index is 2.48. The van der Waals surface area contributed by atoms with Gasteiger partial charge in [0.05, 0.1) is 0 Å². The van der Waals surface area contributed by atoms with Gasteiger partial charge in [0.1, 0.15) is 5.52 Å². The van der Waals surface area contributed by atoms with Crippen LogP contribution in [0.2, 0.25) is 0 Å². The second-order valence-corrected chi connectivity index (χ2v) is 2.85. The van der Waals surface area contributed by atoms with Gasteiger partial charge >= 0.3 is 6.09 Å². The average molecular weight is 192 g/mol. The number of carboxylic acid groups (broad SMARTS) is 1. The van der Waals surface area contributed by atoms with Crippen molar-refractivity contribution in [2.24, 2.45) is 0 Å². The summed E-state index contributed by atoms with van der Waals surface area (Å²) in [5.74, 6) is 0. The highest BCUT2D eigenvalue weighted by atomic mass is 16.4. The molecule has 0 fully saturated rings. The van der Waals surface area contributed by atoms with E-state index < -0.39 is 6.09 Å². The van der Waals surface area contributed by atoms with E-state index in [9.17, 15) is 4.79 Å². The van der Waals surface area contributed by atoms with Crippen molar-refractivity contribution in [3.63, 3.8) is 0 Å². The van der Waals surface area contributed by atoms with Crippen LogP contribution in [0.1, 0.15) is 0 Å². The third kappa shape index (κ3) is 1.28. The molecule has 1 aromatic heterocycles. The van der Waals surface area contributed by atoms with E-state index in [1.165, 1.54) is 13.4 Å². The number of aromatic nitrogens is 1. The molecule has 1 aromatic carbocycles. The molecule has 0 aliphatic heterocycles. The largest absolute Gasteiger partial charge is 0.465 e. The van der Waals surface area contributed by atoms with Gasteiger partial charge in [-0.2, -0.15) is 0 Å². The SMILES string of the molecule is CN(C(=O)O)c1ccc2ocnc2c1. The fourth-order valence-electron chi connectivity index (χ4n) is 1.17. The Morgan fingerprint density at radius 2 is 2.36 bits per heavy atom. The van der Waals surface area contributed by atoms with Gasteiger partial charge in [-0.25, -0.2) is 9.78 Å². The van der Waals surface area contributed by atoms with E-state index >= 15 is 0 Å². The van der Waals surface area contributed by atoms with Gasteiger partial charge in [-0.05, 0) is 18.2 Å². The molecule has 0 atom stereocenters. The van der Waals surface area contributed by atoms with Crippen LogP contribution >= 0.6 is 0 Å². The predicted octanol–water partition coefficient (Wildman–Crippen LogP) is 1.94. The lowest BCUT2D eigenvalue weighted by atomic mass is 10.3. The number of amides is 1. The third-order valence-corrected chi connectivity index (χ3v) is 1.99. The minimum Gasteiger partial charge on any atom is -0.465 e. The van der Waals surface area contributed by atoms with Crippen molar-refractivity contribution in [3.8, 4) is 0 Å². The molecule has 72 valence electrons. The van der Waals surface area contributed by atoms with Gasteiger partial charge in [0.25, 0.3) is 0 Å². The second-order valence-electron chi connectivity index (χ2n) is 2.85. The first-order valence-electron chi connectivity index (χ1n) is 3.98. The summed E-state index contributed by atoms with van der Waals surface area (Å²) in [4.78, 5) is 15.7. The number of benzene rings is 1. The van der Waals surface area contributed by atoms with Crippen LogP contribution in [0.25, 0.3) is 11.1 Å². The Kier molecular flexibility index (Phi) is 1.85. The lowest BCUT2D eigenvalue weighted by molar-refractivity contribution is 0.203. The van der Waals surface area contributed by atoms with Crippen LogP contribution in [0.15, 0.2) is 29.0 Å². The Morgan fingerprint density at radius 3 is 3.07 bits per heavy atom. The number of oxazole rings is 1. The molecule has 0 bridgehead atoms. The van der Waals surface area contributed by atoms with Crippen LogP contribution in [-0.2, 0) is 0 Å². The molecule has 1 heterocycles. The van der Waals surface area contributed by atoms with Crippen LogP contribution in [-0.4, -0.2) is 23.2 Å². The number of rotatable bonds is 1. The fourth-order valence-corrected chi connectivity index (χ4v) is 1.17. The van der Waals surface area contributed by atoms with Gasteiger partial charge in [0, 0.05) is 12.7 Å². The zero-order valence-corrected chi connectivity index (χ0v) is 7.47. The number of fused-ring (bicyclic) bond motifs is 1. The zero-order chi connectivity index (χ0) is 10.1. The van der Waals surface area contributed by atoms with Crippen molar-refractivity contribution in [1.29, 1.82) is 0 Å². The van der Waals surface area contributed by atoms with Crippen molar-refractivity contribution in [1.82, 2.24) is 4.98 Å². The predicted molar refractivity (Wildman–Crippen MR) is 50.4 cm³/mol. The molecule has 5 nitrogen and oxygen atoms in total. The summed E-state index contributed by atoms with van der Waals surface area (Å²) in [5.41, 5.74) is 1.86. The monoisotopic (exact) mass is 192 g/mol. The standard InChI is InChI=1S/C9H8N2O3/c1-11(9(12)13)6-2-3-8-7(4-6)10-5-14-8/h2-5H,1H3,(H,12,13). The third-order valence-electron chi connectivity index (χ3n) is 1.99. The summed E-state index contributed by atoms with van der Waals surface area (Å²) in [7, 11) is 1.48. The van der Waals surface area contributed by atoms with Gasteiger partial charge in [0.15, 0.2) is 12.0 Å². The van der Waals surface area contributed by atoms with E-state index in [0.29, 0.717) is 16.8 Å². The smallest absolute Gasteiger partial charge is 0.411 e. The molecular weight excluding hydrogens is 184 g/mol. The van der Waals surface area contributed by atoms with Crippen molar-refractivity contribution in [3.05, 3.63) is 24.6 Å². The molecule has 0 saturated carbocycles. The van der Waals surface area contributed by atoms with E-state index in [0.717, 1.165) is 4.90 Å². The first kappa shape index (κ1) is 8.55. The van der Waals surface area contributed by atoms with E-state index in [1.54, 1.807) is 18.2 Å². The number of hydrogen-bond acceptors (Lipinski definition) is 3. The summed E-state index contributed by atoms with van der Waals surface area (Å²) >= 11 is 0. The molecule has 0 saturated heterocycles. The molecule has 2 aromatic rings. The molecule has 0 radical (unpaired) electrons. The molecule has 14 heavy (non-hydrogen) atoms. The van der Waals surface area contributed by atoms with Gasteiger partial charge in [0.2, 0.25) is 0 Å². The lowest BCUT2D eigenvalue weighted by Gasteiger charge is -2.11. The fraction of sp³-hybridized carbons (Fsp3) is 0.111. The maximum absolute atomic E-state index is 10.7. The van der Waals surface area contributed by atoms with Crippen LogP contribution in [0.5, 0.6) is 0 Å². The maximum Gasteiger partial charge on any atom is 0.411 e. The molecule has 1 amide bonds. The van der Waals surface area contributed by atoms with Crippen molar-refractivity contribution in [2.45, 2.75) is 0 Å². The average Bonchev–Trinajstić information content (AvgIpc) is 2.62. The van der Waals surface area contributed by atoms with Crippen LogP contribution in [0.3, 0.4) is 0 Å². The molecule has 2 rings (SSSR count). The molecular formula is C9H8N2O3. The molecule has 0 unspecified atom stereocenters. The zero-order valence-electron chi connectivity index (χ0n) is 7.47. The molecule has 0 aliphatic carbocycles. The summed E-state index contributed by atoms with van der Waals surface area (Å²) in [6, 6.07) is 5.02. The summed E-state index contributed by atoms with van der Waals surface area (Å²) < 4.78 is 5.04. The Labute approximate surface area is 79.6 Å². The topological polar surface area (TPSA) is 66.6 Å². The van der Waals surface area contributed by atoms with Gasteiger partial charge in [-0.3, -0.25) is 4.90 Å². The van der Waals surface area contributed by atoms with Gasteiger partial charge in [-0.1, -0.05) is 0 Å². The van der Waals surface area contributed by atoms with E-state index in [-0.39, 0.29) is 0 Å². The van der Waals surface area contributed by atoms with Crippen molar-refractivity contribution >= 4 is 22.9 Å². The number of anilines is 1. The first-order chi connectivity index (χ1) is 6.68. The van der Waals surface area contributed by atoms with Gasteiger partial charge in [-0.15, -0.1) is 0 Å². The lowest BCUT2D eigenvalue weighted by Crippen LogP contribution is -2.23. The minimum atomic E-state index is -1.01. The van der Waals surface area contributed by atoms with Crippen LogP contribution in [0, 0.1) is 0 Å². The number of hydrogen-bond donors (Lipinski definition) is 1.